The van der Waals surface area contributed by atoms with Crippen LogP contribution in [0.15, 0.2) is 60.5 Å². The van der Waals surface area contributed by atoms with E-state index in [0.29, 0.717) is 5.95 Å². The molecule has 0 unspecified atom stereocenters. The summed E-state index contributed by atoms with van der Waals surface area (Å²) in [5, 5.41) is 4.04. The molecule has 31 heavy (non-hydrogen) atoms. The lowest BCUT2D eigenvalue weighted by Crippen LogP contribution is -2.07. The zero-order valence-electron chi connectivity index (χ0n) is 18.6. The summed E-state index contributed by atoms with van der Waals surface area (Å²) in [4.78, 5) is 9.07. The fourth-order valence-electron chi connectivity index (χ4n) is 3.46. The van der Waals surface area contributed by atoms with Gasteiger partial charge in [-0.05, 0) is 56.1 Å². The van der Waals surface area contributed by atoms with E-state index in [1.54, 1.807) is 0 Å². The van der Waals surface area contributed by atoms with Crippen molar-refractivity contribution in [3.05, 3.63) is 71.7 Å². The molecule has 1 fully saturated rings. The van der Waals surface area contributed by atoms with Crippen molar-refractivity contribution in [2.45, 2.75) is 40.0 Å². The molecule has 2 aliphatic carbocycles. The van der Waals surface area contributed by atoms with Crippen LogP contribution in [0, 0.1) is 5.92 Å². The van der Waals surface area contributed by atoms with Crippen molar-refractivity contribution < 1.29 is 0 Å². The summed E-state index contributed by atoms with van der Waals surface area (Å²) in [6.07, 6.45) is 21.2. The highest BCUT2D eigenvalue weighted by molar-refractivity contribution is 6.31. The minimum atomic E-state index is 0.683. The molecule has 2 heterocycles. The maximum Gasteiger partial charge on any atom is 0.222 e. The molecule has 0 bridgehead atoms. The van der Waals surface area contributed by atoms with E-state index in [1.807, 2.05) is 57.5 Å². The van der Waals surface area contributed by atoms with Crippen LogP contribution < -0.4 is 5.32 Å². The third-order valence-electron chi connectivity index (χ3n) is 5.13. The standard InChI is InChI=1S/C24H25ClN4.C2H6/c1-3-6-18-13-23(19-15-27-24(28-16-19)26-14-17-9-10-17)29(22(18)4-2)21-8-5-7-20(25)11-12-21;1-2/h3-7,11-13,15-17H,2,8-10,14H2,1H3,(H,26,27,28);1-2H3/b6-3-;. The normalized spacial score (nSPS) is 15.6. The van der Waals surface area contributed by atoms with E-state index in [4.69, 9.17) is 11.6 Å². The molecule has 0 saturated heterocycles. The van der Waals surface area contributed by atoms with Gasteiger partial charge in [0.05, 0.1) is 11.4 Å². The zero-order chi connectivity index (χ0) is 22.2. The van der Waals surface area contributed by atoms with Crippen molar-refractivity contribution in [2.75, 3.05) is 11.9 Å². The van der Waals surface area contributed by atoms with Gasteiger partial charge in [0.1, 0.15) is 0 Å². The molecule has 5 heteroatoms. The Hall–Kier alpha value is -2.85. The molecule has 2 aromatic rings. The zero-order valence-corrected chi connectivity index (χ0v) is 19.4. The van der Waals surface area contributed by atoms with Gasteiger partial charge in [-0.1, -0.05) is 50.3 Å². The number of nitrogens with zero attached hydrogens (tertiary/aromatic N) is 3. The topological polar surface area (TPSA) is 42.7 Å². The molecular formula is C26H31ClN4. The lowest BCUT2D eigenvalue weighted by atomic mass is 10.2. The second-order valence-electron chi connectivity index (χ2n) is 7.35. The van der Waals surface area contributed by atoms with Crippen molar-refractivity contribution in [3.63, 3.8) is 0 Å². The molecule has 0 atom stereocenters. The van der Waals surface area contributed by atoms with Gasteiger partial charge in [-0.3, -0.25) is 0 Å². The van der Waals surface area contributed by atoms with Crippen molar-refractivity contribution in [1.29, 1.82) is 0 Å². The Balaban J connectivity index is 0.00000132. The van der Waals surface area contributed by atoms with Crippen LogP contribution in [0.3, 0.4) is 0 Å². The number of nitrogens with one attached hydrogen (secondary N) is 1. The number of anilines is 1. The van der Waals surface area contributed by atoms with E-state index in [2.05, 4.69) is 50.7 Å². The first-order valence-electron chi connectivity index (χ1n) is 11.0. The monoisotopic (exact) mass is 434 g/mol. The molecule has 0 aliphatic heterocycles. The minimum absolute atomic E-state index is 0.683. The van der Waals surface area contributed by atoms with Crippen LogP contribution in [0.5, 0.6) is 0 Å². The molecule has 4 rings (SSSR count). The molecule has 2 aliphatic rings. The van der Waals surface area contributed by atoms with Crippen molar-refractivity contribution in [2.24, 2.45) is 5.92 Å². The SMILES string of the molecule is C=Cc1c(/C=C\C)cc(-c2cnc(NCC3CC3)nc2)n1C1=CC=C(Cl)C=CC1.CC. The number of rotatable bonds is 7. The van der Waals surface area contributed by atoms with Gasteiger partial charge in [-0.15, -0.1) is 0 Å². The third kappa shape index (κ3) is 5.65. The Morgan fingerprint density at radius 2 is 1.97 bits per heavy atom. The van der Waals surface area contributed by atoms with Gasteiger partial charge in [-0.25, -0.2) is 9.97 Å². The van der Waals surface area contributed by atoms with Gasteiger partial charge >= 0.3 is 0 Å². The first-order valence-corrected chi connectivity index (χ1v) is 11.4. The van der Waals surface area contributed by atoms with E-state index < -0.39 is 0 Å². The molecule has 2 aromatic heterocycles. The van der Waals surface area contributed by atoms with Crippen LogP contribution in [0.1, 0.15) is 51.3 Å². The fraction of sp³-hybridized carbons (Fsp3) is 0.308. The van der Waals surface area contributed by atoms with Crippen molar-refractivity contribution >= 4 is 35.4 Å². The van der Waals surface area contributed by atoms with E-state index in [9.17, 15) is 0 Å². The molecule has 1 saturated carbocycles. The van der Waals surface area contributed by atoms with Gasteiger partial charge < -0.3 is 9.88 Å². The Morgan fingerprint density at radius 3 is 2.61 bits per heavy atom. The second-order valence-corrected chi connectivity index (χ2v) is 7.78. The number of hydrogen-bond donors (Lipinski definition) is 1. The highest BCUT2D eigenvalue weighted by atomic mass is 35.5. The predicted octanol–water partition coefficient (Wildman–Crippen LogP) is 7.39. The molecule has 0 spiro atoms. The van der Waals surface area contributed by atoms with Crippen LogP contribution in [0.25, 0.3) is 29.1 Å². The Kier molecular flexibility index (Phi) is 8.07. The number of aromatic nitrogens is 3. The molecule has 4 nitrogen and oxygen atoms in total. The Bertz CT molecular complexity index is 1020. The summed E-state index contributed by atoms with van der Waals surface area (Å²) in [6.45, 7) is 11.0. The van der Waals surface area contributed by atoms with Crippen molar-refractivity contribution in [1.82, 2.24) is 14.5 Å². The van der Waals surface area contributed by atoms with Gasteiger partial charge in [-0.2, -0.15) is 0 Å². The molecule has 162 valence electrons. The highest BCUT2D eigenvalue weighted by Gasteiger charge is 2.21. The predicted molar refractivity (Wildman–Crippen MR) is 135 cm³/mol. The summed E-state index contributed by atoms with van der Waals surface area (Å²) < 4.78 is 2.22. The van der Waals surface area contributed by atoms with E-state index in [-0.39, 0.29) is 0 Å². The Morgan fingerprint density at radius 1 is 1.23 bits per heavy atom. The minimum Gasteiger partial charge on any atom is -0.354 e. The summed E-state index contributed by atoms with van der Waals surface area (Å²) in [5.74, 6) is 1.46. The van der Waals surface area contributed by atoms with Gasteiger partial charge in [0.15, 0.2) is 0 Å². The average molecular weight is 435 g/mol. The van der Waals surface area contributed by atoms with Crippen LogP contribution >= 0.6 is 11.6 Å². The van der Waals surface area contributed by atoms with E-state index in [1.165, 1.54) is 12.8 Å². The van der Waals surface area contributed by atoms with Gasteiger partial charge in [0.2, 0.25) is 5.95 Å². The van der Waals surface area contributed by atoms with E-state index in [0.717, 1.165) is 52.1 Å². The van der Waals surface area contributed by atoms with Crippen LogP contribution in [0.4, 0.5) is 5.95 Å². The average Bonchev–Trinajstić information content (AvgIpc) is 3.59. The lowest BCUT2D eigenvalue weighted by Gasteiger charge is -2.15. The number of hydrogen-bond acceptors (Lipinski definition) is 3. The molecule has 0 radical (unpaired) electrons. The summed E-state index contributed by atoms with van der Waals surface area (Å²) in [7, 11) is 0. The quantitative estimate of drug-likeness (QED) is 0.493. The third-order valence-corrected chi connectivity index (χ3v) is 5.38. The summed E-state index contributed by atoms with van der Waals surface area (Å²) in [5.41, 5.74) is 5.27. The van der Waals surface area contributed by atoms with Gasteiger partial charge in [0.25, 0.3) is 0 Å². The summed E-state index contributed by atoms with van der Waals surface area (Å²) in [6, 6.07) is 2.16. The van der Waals surface area contributed by atoms with Gasteiger partial charge in [0, 0.05) is 47.2 Å². The molecular weight excluding hydrogens is 404 g/mol. The highest BCUT2D eigenvalue weighted by Crippen LogP contribution is 2.33. The fourth-order valence-corrected chi connectivity index (χ4v) is 3.61. The molecule has 1 N–H and O–H groups in total. The van der Waals surface area contributed by atoms with Crippen LogP contribution in [0.2, 0.25) is 0 Å². The van der Waals surface area contributed by atoms with E-state index >= 15 is 0 Å². The number of allylic oxidation sites excluding steroid dienone is 7. The molecule has 0 aromatic carbocycles. The van der Waals surface area contributed by atoms with Crippen molar-refractivity contribution in [3.8, 4) is 11.3 Å². The smallest absolute Gasteiger partial charge is 0.222 e. The Labute approximate surface area is 190 Å². The second kappa shape index (κ2) is 11.0. The first kappa shape index (κ1) is 22.8. The maximum atomic E-state index is 6.20. The van der Waals surface area contributed by atoms with Crippen LogP contribution in [-0.2, 0) is 0 Å². The maximum absolute atomic E-state index is 6.20. The summed E-state index contributed by atoms with van der Waals surface area (Å²) >= 11 is 6.20. The largest absolute Gasteiger partial charge is 0.354 e. The first-order chi connectivity index (χ1) is 15.2. The lowest BCUT2D eigenvalue weighted by molar-refractivity contribution is 0.873. The number of halogens is 1. The van der Waals surface area contributed by atoms with Crippen LogP contribution in [-0.4, -0.2) is 21.1 Å². The molecule has 0 amide bonds.